The van der Waals surface area contributed by atoms with Gasteiger partial charge in [0.05, 0.1) is 31.2 Å². The molecule has 3 atom stereocenters. The van der Waals surface area contributed by atoms with Gasteiger partial charge in [-0.05, 0) is 20.3 Å². The Balaban J connectivity index is 2.20. The molecular formula is C14H19NO4. The summed E-state index contributed by atoms with van der Waals surface area (Å²) in [7, 11) is 0. The van der Waals surface area contributed by atoms with Gasteiger partial charge in [0.1, 0.15) is 0 Å². The quantitative estimate of drug-likeness (QED) is 0.731. The summed E-state index contributed by atoms with van der Waals surface area (Å²) in [5.41, 5.74) is 0. The van der Waals surface area contributed by atoms with E-state index >= 15 is 0 Å². The summed E-state index contributed by atoms with van der Waals surface area (Å²) >= 11 is 0. The van der Waals surface area contributed by atoms with E-state index in [-0.39, 0.29) is 30.1 Å². The molecule has 104 valence electrons. The zero-order valence-electron chi connectivity index (χ0n) is 11.2. The van der Waals surface area contributed by atoms with Crippen molar-refractivity contribution in [2.45, 2.75) is 32.4 Å². The summed E-state index contributed by atoms with van der Waals surface area (Å²) in [5.74, 6) is -0.556. The van der Waals surface area contributed by atoms with Crippen molar-refractivity contribution in [1.82, 2.24) is 4.90 Å². The molecule has 2 rings (SSSR count). The number of hydrogen-bond acceptors (Lipinski definition) is 4. The number of nitrogens with zero attached hydrogens (tertiary/aromatic N) is 1. The largest absolute Gasteiger partial charge is 0.466 e. The van der Waals surface area contributed by atoms with Gasteiger partial charge in [-0.2, -0.15) is 0 Å². The van der Waals surface area contributed by atoms with Crippen LogP contribution in [0.4, 0.5) is 4.79 Å². The molecule has 1 saturated heterocycles. The smallest absolute Gasteiger partial charge is 0.410 e. The summed E-state index contributed by atoms with van der Waals surface area (Å²) in [5, 5.41) is 0. The van der Waals surface area contributed by atoms with Crippen molar-refractivity contribution in [3.63, 3.8) is 0 Å². The van der Waals surface area contributed by atoms with Crippen LogP contribution in [-0.4, -0.2) is 42.3 Å². The maximum absolute atomic E-state index is 12.0. The molecule has 0 radical (unpaired) electrons. The zero-order chi connectivity index (χ0) is 13.8. The lowest BCUT2D eigenvalue weighted by atomic mass is 9.97. The number of esters is 1. The van der Waals surface area contributed by atoms with Gasteiger partial charge in [0.15, 0.2) is 0 Å². The number of allylic oxidation sites excluding steroid dienone is 2. The van der Waals surface area contributed by atoms with Gasteiger partial charge in [-0.3, -0.25) is 9.69 Å². The second kappa shape index (κ2) is 5.91. The van der Waals surface area contributed by atoms with Crippen LogP contribution in [0.25, 0.3) is 0 Å². The molecule has 5 heteroatoms. The molecule has 5 nitrogen and oxygen atoms in total. The number of ether oxygens (including phenoxy) is 2. The van der Waals surface area contributed by atoms with E-state index in [4.69, 9.17) is 9.47 Å². The van der Waals surface area contributed by atoms with Gasteiger partial charge in [-0.1, -0.05) is 24.3 Å². The maximum atomic E-state index is 12.0. The molecule has 0 N–H and O–H groups in total. The molecule has 0 saturated carbocycles. The van der Waals surface area contributed by atoms with Crippen molar-refractivity contribution in [2.75, 3.05) is 13.2 Å². The van der Waals surface area contributed by atoms with E-state index < -0.39 is 0 Å². The summed E-state index contributed by atoms with van der Waals surface area (Å²) < 4.78 is 10.2. The standard InChI is InChI=1S/C14H19NO4/c1-3-18-13(16)11-9-10-7-5-6-8-12(11)15(10)14(17)19-4-2/h5-8,10-12H,3-4,9H2,1-2H3/t10-,11+,12+/m1/s1. The lowest BCUT2D eigenvalue weighted by Crippen LogP contribution is -2.42. The molecule has 0 spiro atoms. The monoisotopic (exact) mass is 265 g/mol. The van der Waals surface area contributed by atoms with Gasteiger partial charge in [-0.25, -0.2) is 4.79 Å². The molecule has 0 aromatic heterocycles. The highest BCUT2D eigenvalue weighted by Gasteiger charge is 2.46. The Morgan fingerprint density at radius 1 is 1.16 bits per heavy atom. The molecular weight excluding hydrogens is 246 g/mol. The molecule has 0 aromatic rings. The number of rotatable bonds is 3. The first-order valence-corrected chi connectivity index (χ1v) is 6.65. The number of hydrogen-bond donors (Lipinski definition) is 0. The third-order valence-electron chi connectivity index (χ3n) is 3.41. The Morgan fingerprint density at radius 2 is 1.84 bits per heavy atom. The topological polar surface area (TPSA) is 55.8 Å². The summed E-state index contributed by atoms with van der Waals surface area (Å²) in [4.78, 5) is 25.6. The Hall–Kier alpha value is -1.78. The van der Waals surface area contributed by atoms with Crippen molar-refractivity contribution < 1.29 is 19.1 Å². The molecule has 2 bridgehead atoms. The van der Waals surface area contributed by atoms with Crippen molar-refractivity contribution in [2.24, 2.45) is 5.92 Å². The fraction of sp³-hybridized carbons (Fsp3) is 0.571. The van der Waals surface area contributed by atoms with Crippen molar-refractivity contribution >= 4 is 12.1 Å². The van der Waals surface area contributed by atoms with Gasteiger partial charge in [0.2, 0.25) is 0 Å². The van der Waals surface area contributed by atoms with E-state index in [2.05, 4.69) is 0 Å². The highest BCUT2D eigenvalue weighted by Crippen LogP contribution is 2.34. The first-order valence-electron chi connectivity index (χ1n) is 6.65. The van der Waals surface area contributed by atoms with Crippen LogP contribution in [0.5, 0.6) is 0 Å². The Kier molecular flexibility index (Phi) is 4.24. The molecule has 2 heterocycles. The first kappa shape index (κ1) is 13.6. The zero-order valence-corrected chi connectivity index (χ0v) is 11.2. The maximum Gasteiger partial charge on any atom is 0.410 e. The van der Waals surface area contributed by atoms with Crippen LogP contribution >= 0.6 is 0 Å². The SMILES string of the molecule is CCOC(=O)[C@H]1C[C@H]2C=CC=C[C@@H]1N2C(=O)OCC. The fourth-order valence-corrected chi connectivity index (χ4v) is 2.64. The normalized spacial score (nSPS) is 28.1. The van der Waals surface area contributed by atoms with Gasteiger partial charge in [0, 0.05) is 0 Å². The summed E-state index contributed by atoms with van der Waals surface area (Å²) in [6.45, 7) is 4.23. The van der Waals surface area contributed by atoms with Crippen LogP contribution in [0.2, 0.25) is 0 Å². The molecule has 2 aliphatic rings. The first-order chi connectivity index (χ1) is 9.19. The van der Waals surface area contributed by atoms with E-state index in [1.54, 1.807) is 18.7 Å². The lowest BCUT2D eigenvalue weighted by molar-refractivity contribution is -0.148. The van der Waals surface area contributed by atoms with Crippen molar-refractivity contribution in [3.8, 4) is 0 Å². The molecule has 0 aliphatic carbocycles. The Bertz CT molecular complexity index is 416. The van der Waals surface area contributed by atoms with Gasteiger partial charge in [0.25, 0.3) is 0 Å². The van der Waals surface area contributed by atoms with Gasteiger partial charge in [-0.15, -0.1) is 0 Å². The molecule has 19 heavy (non-hydrogen) atoms. The fourth-order valence-electron chi connectivity index (χ4n) is 2.64. The Labute approximate surface area is 112 Å². The predicted molar refractivity (Wildman–Crippen MR) is 69.5 cm³/mol. The van der Waals surface area contributed by atoms with E-state index in [1.807, 2.05) is 24.3 Å². The molecule has 2 aliphatic heterocycles. The highest BCUT2D eigenvalue weighted by molar-refractivity contribution is 5.78. The second-order valence-electron chi connectivity index (χ2n) is 4.53. The average Bonchev–Trinajstić information content (AvgIpc) is 2.58. The summed E-state index contributed by atoms with van der Waals surface area (Å²) in [6, 6.07) is -0.383. The number of fused-ring (bicyclic) bond motifs is 2. The van der Waals surface area contributed by atoms with Crippen LogP contribution in [0.1, 0.15) is 20.3 Å². The van der Waals surface area contributed by atoms with Gasteiger partial charge < -0.3 is 9.47 Å². The van der Waals surface area contributed by atoms with Crippen LogP contribution < -0.4 is 0 Å². The van der Waals surface area contributed by atoms with Crippen LogP contribution in [0.3, 0.4) is 0 Å². The van der Waals surface area contributed by atoms with Crippen molar-refractivity contribution in [1.29, 1.82) is 0 Å². The minimum atomic E-state index is -0.375. The average molecular weight is 265 g/mol. The lowest BCUT2D eigenvalue weighted by Gasteiger charge is -2.26. The van der Waals surface area contributed by atoms with Crippen LogP contribution in [-0.2, 0) is 14.3 Å². The molecule has 1 amide bonds. The molecule has 1 fully saturated rings. The Morgan fingerprint density at radius 3 is 2.53 bits per heavy atom. The molecule has 0 unspecified atom stereocenters. The number of carbonyl (C=O) groups is 2. The second-order valence-corrected chi connectivity index (χ2v) is 4.53. The minimum Gasteiger partial charge on any atom is -0.466 e. The van der Waals surface area contributed by atoms with E-state index in [1.165, 1.54) is 0 Å². The van der Waals surface area contributed by atoms with Crippen LogP contribution in [0, 0.1) is 5.92 Å². The third kappa shape index (κ3) is 2.64. The highest BCUT2D eigenvalue weighted by atomic mass is 16.6. The number of amides is 1. The van der Waals surface area contributed by atoms with E-state index in [0.29, 0.717) is 19.6 Å². The third-order valence-corrected chi connectivity index (χ3v) is 3.41. The van der Waals surface area contributed by atoms with Gasteiger partial charge >= 0.3 is 12.1 Å². The van der Waals surface area contributed by atoms with E-state index in [9.17, 15) is 9.59 Å². The van der Waals surface area contributed by atoms with Crippen molar-refractivity contribution in [3.05, 3.63) is 24.3 Å². The van der Waals surface area contributed by atoms with Crippen LogP contribution in [0.15, 0.2) is 24.3 Å². The van der Waals surface area contributed by atoms with E-state index in [0.717, 1.165) is 0 Å². The molecule has 0 aromatic carbocycles. The summed E-state index contributed by atoms with van der Waals surface area (Å²) in [6.07, 6.45) is 7.76. The predicted octanol–water partition coefficient (Wildman–Crippen LogP) is 1.89. The minimum absolute atomic E-state index is 0.103. The number of carbonyl (C=O) groups excluding carboxylic acids is 2.